The summed E-state index contributed by atoms with van der Waals surface area (Å²) in [6.07, 6.45) is 0. The van der Waals surface area contributed by atoms with Crippen LogP contribution in [0.15, 0.2) is 14.4 Å². The van der Waals surface area contributed by atoms with Crippen LogP contribution >= 0.6 is 35.3 Å². The topological polar surface area (TPSA) is 66.0 Å². The van der Waals surface area contributed by atoms with Crippen LogP contribution in [0.5, 0.6) is 0 Å². The zero-order valence-corrected chi connectivity index (χ0v) is 7.47. The van der Waals surface area contributed by atoms with E-state index >= 15 is 0 Å². The lowest BCUT2D eigenvalue weighted by Crippen LogP contribution is -2.47. The van der Waals surface area contributed by atoms with Gasteiger partial charge in [-0.05, 0) is 0 Å². The second kappa shape index (κ2) is 3.99. The van der Waals surface area contributed by atoms with Crippen LogP contribution in [0.25, 0.3) is 0 Å². The van der Waals surface area contributed by atoms with Crippen LogP contribution in [0.2, 0.25) is 0 Å². The molecule has 0 fully saturated rings. The largest absolute Gasteiger partial charge is 0.366 e. The van der Waals surface area contributed by atoms with E-state index in [1.165, 1.54) is 0 Å². The smallest absolute Gasteiger partial charge is 0.244 e. The van der Waals surface area contributed by atoms with E-state index in [9.17, 15) is 14.4 Å². The maximum absolute atomic E-state index is 10.8. The highest BCUT2D eigenvalue weighted by molar-refractivity contribution is 6.19. The molecule has 0 aliphatic carbocycles. The summed E-state index contributed by atoms with van der Waals surface area (Å²) in [4.78, 5) is 32.3. The van der Waals surface area contributed by atoms with E-state index in [4.69, 9.17) is 35.3 Å². The van der Waals surface area contributed by atoms with Gasteiger partial charge in [0.15, 0.2) is 0 Å². The van der Waals surface area contributed by atoms with E-state index in [1.54, 1.807) is 0 Å². The maximum atomic E-state index is 10.8. The first-order valence-electron chi connectivity index (χ1n) is 2.46. The first-order chi connectivity index (χ1) is 5.46. The summed E-state index contributed by atoms with van der Waals surface area (Å²) in [6.45, 7) is 0. The average Bonchev–Trinajstić information content (AvgIpc) is 2.08. The zero-order chi connectivity index (χ0) is 9.46. The Balaban J connectivity index is 0.00000144. The first-order valence-corrected chi connectivity index (χ1v) is 3.48. The molecule has 6 nitrogen and oxygen atoms in total. The molecule has 0 radical (unpaired) electrons. The highest BCUT2D eigenvalue weighted by atomic mass is 35.5. The van der Waals surface area contributed by atoms with E-state index in [0.717, 1.165) is 0 Å². The van der Waals surface area contributed by atoms with Crippen LogP contribution in [-0.4, -0.2) is 12.3 Å². The minimum Gasteiger partial charge on any atom is -0.244 e. The molecule has 0 saturated heterocycles. The van der Waals surface area contributed by atoms with Gasteiger partial charge in [-0.1, -0.05) is 7.43 Å². The molecule has 0 unspecified atom stereocenters. The molecule has 0 amide bonds. The summed E-state index contributed by atoms with van der Waals surface area (Å²) in [5, 5.41) is 0. The van der Waals surface area contributed by atoms with Gasteiger partial charge < -0.3 is 0 Å². The molecule has 9 heteroatoms. The number of halogens is 3. The van der Waals surface area contributed by atoms with Gasteiger partial charge in [-0.2, -0.15) is 0 Å². The second-order valence-electron chi connectivity index (χ2n) is 1.69. The molecule has 1 heterocycles. The normalized spacial score (nSPS) is 9.46. The van der Waals surface area contributed by atoms with Gasteiger partial charge in [0, 0.05) is 35.3 Å². The lowest BCUT2D eigenvalue weighted by atomic mass is 11.0. The van der Waals surface area contributed by atoms with Gasteiger partial charge in [0.05, 0.1) is 0 Å². The Morgan fingerprint density at radius 1 is 0.692 bits per heavy atom. The van der Waals surface area contributed by atoms with E-state index in [1.807, 2.05) is 0 Å². The molecule has 0 aromatic carbocycles. The maximum Gasteiger partial charge on any atom is 0.366 e. The quantitative estimate of drug-likeness (QED) is 0.639. The van der Waals surface area contributed by atoms with Gasteiger partial charge >= 0.3 is 17.1 Å². The second-order valence-corrected chi connectivity index (χ2v) is 2.70. The van der Waals surface area contributed by atoms with E-state index in [0.29, 0.717) is 0 Å². The molecular formula is C4H4Cl3N3O3. The summed E-state index contributed by atoms with van der Waals surface area (Å²) in [5.41, 5.74) is -3.49. The van der Waals surface area contributed by atoms with Crippen molar-refractivity contribution < 1.29 is 0 Å². The molecule has 0 N–H and O–H groups in total. The van der Waals surface area contributed by atoms with Crippen molar-refractivity contribution in [2.45, 2.75) is 7.43 Å². The molecule has 0 aliphatic rings. The van der Waals surface area contributed by atoms with Crippen molar-refractivity contribution in [1.29, 1.82) is 0 Å². The van der Waals surface area contributed by atoms with E-state index in [2.05, 4.69) is 0 Å². The lowest BCUT2D eigenvalue weighted by Gasteiger charge is -1.96. The summed E-state index contributed by atoms with van der Waals surface area (Å²) >= 11 is 15.3. The molecule has 13 heavy (non-hydrogen) atoms. The Kier molecular flexibility index (Phi) is 3.77. The number of aromatic nitrogens is 3. The van der Waals surface area contributed by atoms with Crippen molar-refractivity contribution in [3.05, 3.63) is 31.5 Å². The van der Waals surface area contributed by atoms with Crippen molar-refractivity contribution in [2.24, 2.45) is 0 Å². The Bertz CT molecular complexity index is 382. The molecule has 0 aliphatic heterocycles. The van der Waals surface area contributed by atoms with Crippen molar-refractivity contribution in [3.8, 4) is 0 Å². The molecule has 0 spiro atoms. The number of hydrogen-bond acceptors (Lipinski definition) is 3. The predicted molar refractivity (Wildman–Crippen MR) is 49.7 cm³/mol. The van der Waals surface area contributed by atoms with Gasteiger partial charge in [0.1, 0.15) is 0 Å². The van der Waals surface area contributed by atoms with E-state index < -0.39 is 17.1 Å². The molecule has 74 valence electrons. The summed E-state index contributed by atoms with van der Waals surface area (Å²) in [6, 6.07) is 0. The fourth-order valence-electron chi connectivity index (χ4n) is 0.477. The number of nitrogens with zero attached hydrogens (tertiary/aromatic N) is 3. The summed E-state index contributed by atoms with van der Waals surface area (Å²) in [7, 11) is 0. The van der Waals surface area contributed by atoms with Crippen LogP contribution in [0.3, 0.4) is 0 Å². The lowest BCUT2D eigenvalue weighted by molar-refractivity contribution is 0.770. The third-order valence-electron chi connectivity index (χ3n) is 1.01. The fourth-order valence-corrected chi connectivity index (χ4v) is 1.05. The molecule has 1 aromatic heterocycles. The van der Waals surface area contributed by atoms with Crippen LogP contribution in [-0.2, 0) is 0 Å². The Labute approximate surface area is 86.8 Å². The predicted octanol–water partition coefficient (Wildman–Crippen LogP) is -0.187. The molecule has 0 atom stereocenters. The standard InChI is InChI=1S/C3Cl3N3O3.CH4/c4-7-1(10)8(5)3(12)9(6)2(7)11;/h;1H4. The highest BCUT2D eigenvalue weighted by Gasteiger charge is 2.10. The Morgan fingerprint density at radius 2 is 0.846 bits per heavy atom. The minimum atomic E-state index is -1.16. The fraction of sp³-hybridized carbons (Fsp3) is 0.250. The SMILES string of the molecule is C.O=c1n(Cl)c(=O)n(Cl)c(=O)n1Cl. The van der Waals surface area contributed by atoms with Gasteiger partial charge in [0.25, 0.3) is 0 Å². The van der Waals surface area contributed by atoms with Gasteiger partial charge in [-0.15, -0.1) is 12.3 Å². The van der Waals surface area contributed by atoms with Gasteiger partial charge in [-0.25, -0.2) is 14.4 Å². The third kappa shape index (κ3) is 1.79. The van der Waals surface area contributed by atoms with Crippen molar-refractivity contribution in [3.63, 3.8) is 0 Å². The molecule has 0 saturated carbocycles. The molecule has 0 bridgehead atoms. The van der Waals surface area contributed by atoms with Crippen LogP contribution in [0.1, 0.15) is 7.43 Å². The number of hydrogen-bond donors (Lipinski definition) is 0. The Hall–Kier alpha value is -0.720. The average molecular weight is 248 g/mol. The van der Waals surface area contributed by atoms with Crippen LogP contribution in [0, 0.1) is 0 Å². The van der Waals surface area contributed by atoms with Gasteiger partial charge in [0.2, 0.25) is 0 Å². The van der Waals surface area contributed by atoms with Crippen LogP contribution in [0.4, 0.5) is 0 Å². The molecule has 1 rings (SSSR count). The van der Waals surface area contributed by atoms with E-state index in [-0.39, 0.29) is 19.7 Å². The van der Waals surface area contributed by atoms with Crippen LogP contribution < -0.4 is 17.1 Å². The molecular weight excluding hydrogens is 244 g/mol. The summed E-state index contributed by atoms with van der Waals surface area (Å²) < 4.78 is 0.254. The minimum absolute atomic E-state index is 0. The van der Waals surface area contributed by atoms with Gasteiger partial charge in [-0.3, -0.25) is 0 Å². The molecule has 1 aromatic rings. The highest BCUT2D eigenvalue weighted by Crippen LogP contribution is 1.78. The monoisotopic (exact) mass is 247 g/mol. The number of rotatable bonds is 0. The Morgan fingerprint density at radius 3 is 1.00 bits per heavy atom. The zero-order valence-electron chi connectivity index (χ0n) is 5.20. The van der Waals surface area contributed by atoms with Crippen molar-refractivity contribution in [2.75, 3.05) is 0 Å². The summed E-state index contributed by atoms with van der Waals surface area (Å²) in [5.74, 6) is 0. The van der Waals surface area contributed by atoms with Crippen molar-refractivity contribution >= 4 is 35.3 Å². The first kappa shape index (κ1) is 12.3. The third-order valence-corrected chi connectivity index (χ3v) is 1.88. The van der Waals surface area contributed by atoms with Crippen molar-refractivity contribution in [1.82, 2.24) is 12.3 Å².